The Kier molecular flexibility index (Phi) is 2.59. The van der Waals surface area contributed by atoms with E-state index >= 15 is 0 Å². The van der Waals surface area contributed by atoms with Gasteiger partial charge in [-0.25, -0.2) is 0 Å². The summed E-state index contributed by atoms with van der Waals surface area (Å²) in [5.41, 5.74) is 5.59. The second-order valence-corrected chi connectivity index (χ2v) is 6.16. The van der Waals surface area contributed by atoms with Crippen LogP contribution < -0.4 is 19.5 Å². The fourth-order valence-corrected chi connectivity index (χ4v) is 4.06. The van der Waals surface area contributed by atoms with Crippen LogP contribution in [-0.4, -0.2) is 25.6 Å². The van der Waals surface area contributed by atoms with Crippen molar-refractivity contribution in [2.45, 2.75) is 18.9 Å². The maximum atomic E-state index is 10.6. The highest BCUT2D eigenvalue weighted by Crippen LogP contribution is 2.54. The van der Waals surface area contributed by atoms with Crippen molar-refractivity contribution >= 4 is 0 Å². The summed E-state index contributed by atoms with van der Waals surface area (Å²) in [5.74, 6) is 2.33. The molecule has 0 spiro atoms. The summed E-state index contributed by atoms with van der Waals surface area (Å²) in [4.78, 5) is 0. The van der Waals surface area contributed by atoms with Crippen molar-refractivity contribution in [3.63, 3.8) is 0 Å². The molecule has 23 heavy (non-hydrogen) atoms. The number of phenolic OH excluding ortho intramolecular Hbond substituents is 1. The SMILES string of the molecule is COc1ccc2c(c1O)C[C@@H]1NCCc3cc4c(c-2c31)OCO4. The molecular formula is C18H17NO4. The molecule has 5 nitrogen and oxygen atoms in total. The molecule has 2 aliphatic heterocycles. The third kappa shape index (κ3) is 1.65. The highest BCUT2D eigenvalue weighted by Gasteiger charge is 2.36. The zero-order valence-corrected chi connectivity index (χ0v) is 12.8. The monoisotopic (exact) mass is 311 g/mol. The fourth-order valence-electron chi connectivity index (χ4n) is 4.06. The molecule has 0 amide bonds. The summed E-state index contributed by atoms with van der Waals surface area (Å²) in [7, 11) is 1.57. The van der Waals surface area contributed by atoms with Crippen molar-refractivity contribution in [2.75, 3.05) is 20.4 Å². The highest BCUT2D eigenvalue weighted by molar-refractivity contribution is 5.85. The number of hydrogen-bond donors (Lipinski definition) is 2. The summed E-state index contributed by atoms with van der Waals surface area (Å²) in [6.07, 6.45) is 1.73. The Morgan fingerprint density at radius 3 is 3.09 bits per heavy atom. The lowest BCUT2D eigenvalue weighted by molar-refractivity contribution is 0.174. The van der Waals surface area contributed by atoms with Gasteiger partial charge in [0, 0.05) is 17.2 Å². The number of nitrogens with one attached hydrogen (secondary N) is 1. The number of rotatable bonds is 1. The lowest BCUT2D eigenvalue weighted by Crippen LogP contribution is -2.33. The van der Waals surface area contributed by atoms with Crippen LogP contribution in [0.5, 0.6) is 23.0 Å². The quantitative estimate of drug-likeness (QED) is 0.847. The molecule has 118 valence electrons. The van der Waals surface area contributed by atoms with Crippen LogP contribution in [0.15, 0.2) is 18.2 Å². The summed E-state index contributed by atoms with van der Waals surface area (Å²) < 4.78 is 16.7. The van der Waals surface area contributed by atoms with E-state index in [-0.39, 0.29) is 18.6 Å². The maximum Gasteiger partial charge on any atom is 0.231 e. The third-order valence-corrected chi connectivity index (χ3v) is 5.07. The standard InChI is InChI=1S/C18H17NO4/c1-21-13-3-2-10-11(17(13)20)7-12-15-9(4-5-19-12)6-14-18(16(10)15)23-8-22-14/h2-3,6,12,19-20H,4-5,7-8H2,1H3/t12-/m0/s1. The van der Waals surface area contributed by atoms with E-state index in [0.717, 1.165) is 47.6 Å². The van der Waals surface area contributed by atoms with Crippen molar-refractivity contribution in [2.24, 2.45) is 0 Å². The van der Waals surface area contributed by atoms with Gasteiger partial charge in [-0.05, 0) is 54.3 Å². The van der Waals surface area contributed by atoms with Crippen molar-refractivity contribution in [1.29, 1.82) is 0 Å². The van der Waals surface area contributed by atoms with Crippen LogP contribution in [0.25, 0.3) is 11.1 Å². The molecule has 5 rings (SSSR count). The topological polar surface area (TPSA) is 60.0 Å². The number of methoxy groups -OCH3 is 1. The van der Waals surface area contributed by atoms with Gasteiger partial charge < -0.3 is 24.6 Å². The van der Waals surface area contributed by atoms with Gasteiger partial charge in [-0.3, -0.25) is 0 Å². The average Bonchev–Trinajstić information content (AvgIpc) is 3.04. The first-order valence-corrected chi connectivity index (χ1v) is 7.86. The van der Waals surface area contributed by atoms with Crippen LogP contribution in [0, 0.1) is 0 Å². The van der Waals surface area contributed by atoms with Gasteiger partial charge in [0.15, 0.2) is 23.0 Å². The third-order valence-electron chi connectivity index (χ3n) is 5.07. The Bertz CT molecular complexity index is 831. The molecule has 2 N–H and O–H groups in total. The number of phenols is 1. The zero-order valence-electron chi connectivity index (χ0n) is 12.8. The number of ether oxygens (including phenoxy) is 3. The molecule has 0 saturated carbocycles. The summed E-state index contributed by atoms with van der Waals surface area (Å²) in [6, 6.07) is 6.13. The summed E-state index contributed by atoms with van der Waals surface area (Å²) >= 11 is 0. The van der Waals surface area contributed by atoms with Gasteiger partial charge in [0.05, 0.1) is 7.11 Å². The van der Waals surface area contributed by atoms with Gasteiger partial charge in [-0.2, -0.15) is 0 Å². The molecule has 3 aliphatic rings. The molecule has 2 aromatic carbocycles. The number of hydrogen-bond acceptors (Lipinski definition) is 5. The average molecular weight is 311 g/mol. The van der Waals surface area contributed by atoms with E-state index in [0.29, 0.717) is 5.75 Å². The molecule has 0 aromatic heterocycles. The first-order chi connectivity index (χ1) is 11.3. The number of aromatic hydroxyl groups is 1. The Morgan fingerprint density at radius 1 is 1.30 bits per heavy atom. The Hall–Kier alpha value is -2.40. The Balaban J connectivity index is 1.85. The van der Waals surface area contributed by atoms with Crippen LogP contribution in [0.3, 0.4) is 0 Å². The lowest BCUT2D eigenvalue weighted by atomic mass is 9.77. The smallest absolute Gasteiger partial charge is 0.231 e. The molecule has 0 unspecified atom stereocenters. The zero-order chi connectivity index (χ0) is 15.6. The summed E-state index contributed by atoms with van der Waals surface area (Å²) in [6.45, 7) is 1.18. The van der Waals surface area contributed by atoms with E-state index in [1.54, 1.807) is 7.11 Å². The van der Waals surface area contributed by atoms with Crippen LogP contribution >= 0.6 is 0 Å². The maximum absolute atomic E-state index is 10.6. The molecular weight excluding hydrogens is 294 g/mol. The van der Waals surface area contributed by atoms with Crippen LogP contribution in [0.2, 0.25) is 0 Å². The minimum Gasteiger partial charge on any atom is -0.504 e. The second kappa shape index (κ2) is 4.55. The van der Waals surface area contributed by atoms with E-state index < -0.39 is 0 Å². The first-order valence-electron chi connectivity index (χ1n) is 7.86. The van der Waals surface area contributed by atoms with E-state index in [2.05, 4.69) is 11.4 Å². The van der Waals surface area contributed by atoms with E-state index in [1.165, 1.54) is 11.1 Å². The van der Waals surface area contributed by atoms with Crippen LogP contribution in [0.4, 0.5) is 0 Å². The molecule has 0 fully saturated rings. The van der Waals surface area contributed by atoms with E-state index in [1.807, 2.05) is 12.1 Å². The minimum atomic E-state index is 0.189. The molecule has 5 heteroatoms. The molecule has 0 radical (unpaired) electrons. The number of fused-ring (bicyclic) bond motifs is 4. The highest BCUT2D eigenvalue weighted by atomic mass is 16.7. The predicted octanol–water partition coefficient (Wildman–Crippen LogP) is 2.54. The molecule has 0 bridgehead atoms. The van der Waals surface area contributed by atoms with Crippen molar-refractivity contribution in [1.82, 2.24) is 5.32 Å². The lowest BCUT2D eigenvalue weighted by Gasteiger charge is -2.35. The Morgan fingerprint density at radius 2 is 2.22 bits per heavy atom. The van der Waals surface area contributed by atoms with Crippen LogP contribution in [-0.2, 0) is 12.8 Å². The van der Waals surface area contributed by atoms with Gasteiger partial charge in [-0.15, -0.1) is 0 Å². The summed E-state index contributed by atoms with van der Waals surface area (Å²) in [5, 5.41) is 14.2. The molecule has 1 atom stereocenters. The number of benzene rings is 2. The van der Waals surface area contributed by atoms with Gasteiger partial charge in [0.25, 0.3) is 0 Å². The minimum absolute atomic E-state index is 0.189. The van der Waals surface area contributed by atoms with Crippen molar-refractivity contribution in [3.8, 4) is 34.1 Å². The second-order valence-electron chi connectivity index (χ2n) is 6.16. The fraction of sp³-hybridized carbons (Fsp3) is 0.333. The largest absolute Gasteiger partial charge is 0.504 e. The van der Waals surface area contributed by atoms with Gasteiger partial charge >= 0.3 is 0 Å². The van der Waals surface area contributed by atoms with E-state index in [4.69, 9.17) is 14.2 Å². The van der Waals surface area contributed by atoms with Crippen molar-refractivity contribution in [3.05, 3.63) is 34.9 Å². The molecule has 2 aromatic rings. The van der Waals surface area contributed by atoms with Crippen molar-refractivity contribution < 1.29 is 19.3 Å². The van der Waals surface area contributed by atoms with Crippen LogP contribution in [0.1, 0.15) is 22.7 Å². The van der Waals surface area contributed by atoms with E-state index in [9.17, 15) is 5.11 Å². The first kappa shape index (κ1) is 13.1. The molecule has 2 heterocycles. The van der Waals surface area contributed by atoms with Gasteiger partial charge in [-0.1, -0.05) is 0 Å². The molecule has 1 aliphatic carbocycles. The predicted molar refractivity (Wildman–Crippen MR) is 84.4 cm³/mol. The van der Waals surface area contributed by atoms with Gasteiger partial charge in [0.1, 0.15) is 0 Å². The Labute approximate surface area is 133 Å². The normalized spacial score (nSPS) is 20.0. The van der Waals surface area contributed by atoms with Gasteiger partial charge in [0.2, 0.25) is 6.79 Å². The molecule has 0 saturated heterocycles.